The molecule has 1 aromatic rings. The van der Waals surface area contributed by atoms with Crippen molar-refractivity contribution in [2.75, 3.05) is 6.61 Å². The summed E-state index contributed by atoms with van der Waals surface area (Å²) in [6.45, 7) is -1.29. The summed E-state index contributed by atoms with van der Waals surface area (Å²) < 4.78 is 20.0. The minimum atomic E-state index is -2.11. The van der Waals surface area contributed by atoms with Crippen molar-refractivity contribution in [2.24, 2.45) is 5.11 Å². The van der Waals surface area contributed by atoms with Crippen molar-refractivity contribution < 1.29 is 24.4 Å². The molecule has 1 unspecified atom stereocenters. The van der Waals surface area contributed by atoms with E-state index in [-0.39, 0.29) is 5.69 Å². The maximum atomic E-state index is 14.0. The lowest BCUT2D eigenvalue weighted by atomic mass is 10.1. The summed E-state index contributed by atoms with van der Waals surface area (Å²) in [6.07, 6.45) is -4.03. The van der Waals surface area contributed by atoms with Crippen molar-refractivity contribution >= 4 is 0 Å². The molecule has 1 fully saturated rings. The predicted octanol–water partition coefficient (Wildman–Crippen LogP) is -1.00. The molecule has 3 N–H and O–H groups in total. The summed E-state index contributed by atoms with van der Waals surface area (Å²) in [5.41, 5.74) is 6.46. The largest absolute Gasteiger partial charge is 0.393 e. The number of hydrogen-bond donors (Lipinski definition) is 3. The maximum absolute atomic E-state index is 14.0. The molecule has 0 amide bonds. The van der Waals surface area contributed by atoms with Crippen LogP contribution in [-0.4, -0.2) is 54.9 Å². The Kier molecular flexibility index (Phi) is 3.64. The van der Waals surface area contributed by atoms with Crippen molar-refractivity contribution in [1.29, 1.82) is 0 Å². The molecule has 2 heterocycles. The molecular formula is C8H11FN6O4. The molecule has 0 aromatic carbocycles. The van der Waals surface area contributed by atoms with Crippen LogP contribution in [0.4, 0.5) is 4.39 Å². The third-order valence-electron chi connectivity index (χ3n) is 2.78. The van der Waals surface area contributed by atoms with Gasteiger partial charge in [-0.3, -0.25) is 0 Å². The first kappa shape index (κ1) is 13.6. The number of nitrogens with zero attached hydrogens (tertiary/aromatic N) is 6. The first-order valence-electron chi connectivity index (χ1n) is 5.26. The molecule has 0 radical (unpaired) electrons. The van der Waals surface area contributed by atoms with Gasteiger partial charge in [-0.15, -0.1) is 5.10 Å². The topological polar surface area (TPSA) is 149 Å². The summed E-state index contributed by atoms with van der Waals surface area (Å²) in [5, 5.41) is 37.9. The second kappa shape index (κ2) is 5.07. The fourth-order valence-electron chi connectivity index (χ4n) is 1.78. The zero-order chi connectivity index (χ0) is 14.0. The Hall–Kier alpha value is -1.78. The smallest absolute Gasteiger partial charge is 0.201 e. The number of aromatic nitrogens is 3. The maximum Gasteiger partial charge on any atom is 0.201 e. The molecule has 104 valence electrons. The van der Waals surface area contributed by atoms with E-state index < -0.39 is 37.4 Å². The van der Waals surface area contributed by atoms with E-state index in [1.165, 1.54) is 6.20 Å². The number of ether oxygens (including phenoxy) is 1. The van der Waals surface area contributed by atoms with Gasteiger partial charge < -0.3 is 20.1 Å². The van der Waals surface area contributed by atoms with Gasteiger partial charge in [0.2, 0.25) is 5.72 Å². The highest BCUT2D eigenvalue weighted by atomic mass is 19.1. The number of azide groups is 1. The Balaban J connectivity index is 2.31. The van der Waals surface area contributed by atoms with Gasteiger partial charge in [-0.1, -0.05) is 10.3 Å². The summed E-state index contributed by atoms with van der Waals surface area (Å²) in [5.74, 6) is 0. The third-order valence-corrected chi connectivity index (χ3v) is 2.78. The van der Waals surface area contributed by atoms with Crippen molar-refractivity contribution in [2.45, 2.75) is 30.8 Å². The zero-order valence-electron chi connectivity index (χ0n) is 9.53. The molecule has 1 aliphatic heterocycles. The second-order valence-corrected chi connectivity index (χ2v) is 3.94. The highest BCUT2D eigenvalue weighted by Gasteiger charge is 2.56. The Morgan fingerprint density at radius 1 is 1.63 bits per heavy atom. The van der Waals surface area contributed by atoms with Gasteiger partial charge in [0, 0.05) is 4.91 Å². The van der Waals surface area contributed by atoms with Gasteiger partial charge in [-0.05, 0) is 5.53 Å². The average molecular weight is 274 g/mol. The number of rotatable bonds is 4. The summed E-state index contributed by atoms with van der Waals surface area (Å²) in [4.78, 5) is 2.42. The summed E-state index contributed by atoms with van der Waals surface area (Å²) in [7, 11) is 0. The van der Waals surface area contributed by atoms with Crippen LogP contribution in [0, 0.1) is 0 Å². The first-order chi connectivity index (χ1) is 9.07. The van der Waals surface area contributed by atoms with Crippen LogP contribution in [-0.2, 0) is 11.3 Å². The number of aliphatic hydroxyl groups excluding tert-OH is 3. The van der Waals surface area contributed by atoms with Gasteiger partial charge in [0.05, 0.1) is 19.4 Å². The van der Waals surface area contributed by atoms with Gasteiger partial charge in [-0.2, -0.15) is 0 Å². The fourth-order valence-corrected chi connectivity index (χ4v) is 1.78. The van der Waals surface area contributed by atoms with Crippen LogP contribution >= 0.6 is 0 Å². The normalized spacial score (nSPS) is 34.2. The highest BCUT2D eigenvalue weighted by molar-refractivity contribution is 5.01. The van der Waals surface area contributed by atoms with E-state index in [1.807, 2.05) is 0 Å². The number of halogens is 1. The van der Waals surface area contributed by atoms with Crippen molar-refractivity contribution in [1.82, 2.24) is 15.0 Å². The van der Waals surface area contributed by atoms with Crippen molar-refractivity contribution in [3.63, 3.8) is 0 Å². The molecule has 1 aromatic heterocycles. The van der Waals surface area contributed by atoms with E-state index in [2.05, 4.69) is 20.3 Å². The molecule has 1 aliphatic rings. The minimum absolute atomic E-state index is 0.176. The molecular weight excluding hydrogens is 263 g/mol. The van der Waals surface area contributed by atoms with Gasteiger partial charge >= 0.3 is 0 Å². The van der Waals surface area contributed by atoms with Gasteiger partial charge in [-0.25, -0.2) is 9.07 Å². The van der Waals surface area contributed by atoms with Crippen LogP contribution in [0.3, 0.4) is 0 Å². The van der Waals surface area contributed by atoms with Gasteiger partial charge in [0.15, 0.2) is 12.4 Å². The SMILES string of the molecule is [N-]=[N+]=NC1(CO)O[C@@H](n2cc(CO)nn2)[C@@H](F)[C@@H]1O. The van der Waals surface area contributed by atoms with E-state index in [4.69, 9.17) is 20.5 Å². The molecule has 10 nitrogen and oxygen atoms in total. The van der Waals surface area contributed by atoms with Crippen molar-refractivity contribution in [3.8, 4) is 0 Å². The summed E-state index contributed by atoms with van der Waals surface area (Å²) >= 11 is 0. The lowest BCUT2D eigenvalue weighted by Gasteiger charge is -2.23. The molecule has 1 saturated heterocycles. The molecule has 0 saturated carbocycles. The second-order valence-electron chi connectivity index (χ2n) is 3.94. The predicted molar refractivity (Wildman–Crippen MR) is 55.9 cm³/mol. The molecule has 2 rings (SSSR count). The highest BCUT2D eigenvalue weighted by Crippen LogP contribution is 2.39. The number of alkyl halides is 1. The lowest BCUT2D eigenvalue weighted by Crippen LogP contribution is -2.43. The van der Waals surface area contributed by atoms with Crippen LogP contribution in [0.2, 0.25) is 0 Å². The molecule has 0 bridgehead atoms. The standard InChI is InChI=1S/C8H11FN6O4/c9-5-6(18)8(3-17,12-13-10)19-7(5)15-1-4(2-16)11-14-15/h1,5-7,16-18H,2-3H2/t5-,6-,7+,8?/m0/s1. The van der Waals surface area contributed by atoms with E-state index in [1.54, 1.807) is 0 Å². The molecule has 19 heavy (non-hydrogen) atoms. The van der Waals surface area contributed by atoms with E-state index >= 15 is 0 Å². The van der Waals surface area contributed by atoms with Crippen LogP contribution in [0.25, 0.3) is 10.4 Å². The van der Waals surface area contributed by atoms with E-state index in [0.717, 1.165) is 4.68 Å². The average Bonchev–Trinajstić information content (AvgIpc) is 2.98. The molecule has 0 spiro atoms. The molecule has 4 atom stereocenters. The minimum Gasteiger partial charge on any atom is -0.393 e. The molecule has 11 heteroatoms. The number of hydrogen-bond acceptors (Lipinski definition) is 7. The quantitative estimate of drug-likeness (QED) is 0.364. The van der Waals surface area contributed by atoms with E-state index in [0.29, 0.717) is 0 Å². The number of aliphatic hydroxyl groups is 3. The van der Waals surface area contributed by atoms with Gasteiger partial charge in [0.25, 0.3) is 0 Å². The van der Waals surface area contributed by atoms with Crippen LogP contribution in [0.1, 0.15) is 11.9 Å². The van der Waals surface area contributed by atoms with Crippen LogP contribution in [0.15, 0.2) is 11.3 Å². The van der Waals surface area contributed by atoms with Gasteiger partial charge in [0.1, 0.15) is 11.8 Å². The Morgan fingerprint density at radius 3 is 2.89 bits per heavy atom. The third kappa shape index (κ3) is 2.13. The Morgan fingerprint density at radius 2 is 2.37 bits per heavy atom. The monoisotopic (exact) mass is 274 g/mol. The van der Waals surface area contributed by atoms with Crippen LogP contribution < -0.4 is 0 Å². The summed E-state index contributed by atoms with van der Waals surface area (Å²) in [6, 6.07) is 0. The fraction of sp³-hybridized carbons (Fsp3) is 0.750. The van der Waals surface area contributed by atoms with Crippen molar-refractivity contribution in [3.05, 3.63) is 22.3 Å². The first-order valence-corrected chi connectivity index (χ1v) is 5.26. The molecule has 0 aliphatic carbocycles. The van der Waals surface area contributed by atoms with Crippen LogP contribution in [0.5, 0.6) is 0 Å². The zero-order valence-corrected chi connectivity index (χ0v) is 9.53. The Bertz CT molecular complexity index is 505. The lowest BCUT2D eigenvalue weighted by molar-refractivity contribution is -0.126. The Labute approximate surface area is 105 Å². The van der Waals surface area contributed by atoms with E-state index in [9.17, 15) is 9.50 Å².